The number of rotatable bonds is 20. The molecule has 0 atom stereocenters. The summed E-state index contributed by atoms with van der Waals surface area (Å²) in [4.78, 5) is 19.2. The van der Waals surface area contributed by atoms with Gasteiger partial charge in [-0.05, 0) is 20.2 Å². The van der Waals surface area contributed by atoms with E-state index in [1.54, 1.807) is 11.8 Å². The highest BCUT2D eigenvalue weighted by Gasteiger charge is 1.93. The maximum Gasteiger partial charge on any atom is 0.136 e. The van der Waals surface area contributed by atoms with Gasteiger partial charge in [0.05, 0.1) is 72.5 Å². The molecule has 0 aliphatic carbocycles. The maximum atomic E-state index is 9.81. The number of hydrogen-bond donors (Lipinski definition) is 1. The van der Waals surface area contributed by atoms with Crippen LogP contribution in [0.4, 0.5) is 0 Å². The third-order valence-electron chi connectivity index (χ3n) is 2.79. The second-order valence-electron chi connectivity index (χ2n) is 5.23. The second kappa shape index (κ2) is 43.3. The van der Waals surface area contributed by atoms with Crippen molar-refractivity contribution < 1.29 is 33.3 Å². The lowest BCUT2D eigenvalue weighted by atomic mass is 10.3. The van der Waals surface area contributed by atoms with E-state index in [4.69, 9.17) is 23.7 Å². The Labute approximate surface area is 195 Å². The lowest BCUT2D eigenvalue weighted by Crippen LogP contribution is -2.17. The first-order valence-corrected chi connectivity index (χ1v) is 12.5. The van der Waals surface area contributed by atoms with Crippen molar-refractivity contribution in [3.63, 3.8) is 0 Å². The van der Waals surface area contributed by atoms with Crippen molar-refractivity contribution in [2.24, 2.45) is 0 Å². The third-order valence-corrected chi connectivity index (χ3v) is 3.36. The van der Waals surface area contributed by atoms with Gasteiger partial charge in [-0.15, -0.1) is 0 Å². The fourth-order valence-corrected chi connectivity index (χ4v) is 1.70. The van der Waals surface area contributed by atoms with Gasteiger partial charge in [-0.25, -0.2) is 0 Å². The van der Waals surface area contributed by atoms with Crippen molar-refractivity contribution in [3.05, 3.63) is 0 Å². The quantitative estimate of drug-likeness (QED) is 0.163. The summed E-state index contributed by atoms with van der Waals surface area (Å²) in [6.45, 7) is 16.6. The van der Waals surface area contributed by atoms with E-state index >= 15 is 0 Å². The van der Waals surface area contributed by atoms with Gasteiger partial charge in [0.25, 0.3) is 0 Å². The molecule has 0 unspecified atom stereocenters. The fraction of sp³-hybridized carbons (Fsp3) is 0.909. The predicted molar refractivity (Wildman–Crippen MR) is 130 cm³/mol. The van der Waals surface area contributed by atoms with Crippen molar-refractivity contribution in [1.82, 2.24) is 5.32 Å². The highest BCUT2D eigenvalue weighted by Crippen LogP contribution is 1.90. The third kappa shape index (κ3) is 53.1. The smallest absolute Gasteiger partial charge is 0.136 e. The van der Waals surface area contributed by atoms with Gasteiger partial charge in [0, 0.05) is 12.3 Å². The van der Waals surface area contributed by atoms with Crippen LogP contribution < -0.4 is 5.32 Å². The molecule has 0 rings (SSSR count). The molecule has 31 heavy (non-hydrogen) atoms. The lowest BCUT2D eigenvalue weighted by molar-refractivity contribution is -0.120. The number of hydrogen-bond acceptors (Lipinski definition) is 9. The van der Waals surface area contributed by atoms with Gasteiger partial charge in [-0.2, -0.15) is 11.8 Å². The fourth-order valence-electron chi connectivity index (χ4n) is 1.42. The summed E-state index contributed by atoms with van der Waals surface area (Å²) in [5.41, 5.74) is 0. The van der Waals surface area contributed by atoms with E-state index in [1.165, 1.54) is 6.92 Å². The van der Waals surface area contributed by atoms with E-state index in [0.717, 1.165) is 18.9 Å². The molecule has 0 amide bonds. The molecular formula is C22H49NO7S. The Morgan fingerprint density at radius 2 is 1.10 bits per heavy atom. The number of carbonyl (C=O) groups excluding carboxylic acids is 2. The molecule has 0 aromatic rings. The van der Waals surface area contributed by atoms with Gasteiger partial charge in [-0.1, -0.05) is 27.7 Å². The second-order valence-corrected chi connectivity index (χ2v) is 6.22. The zero-order valence-corrected chi connectivity index (χ0v) is 21.9. The summed E-state index contributed by atoms with van der Waals surface area (Å²) in [7, 11) is 1.90. The highest BCUT2D eigenvalue weighted by atomic mass is 32.2. The summed E-state index contributed by atoms with van der Waals surface area (Å²) >= 11 is 1.78. The average molecular weight is 472 g/mol. The minimum absolute atomic E-state index is 0.0556. The Kier molecular flexibility index (Phi) is 52.8. The molecule has 0 aliphatic rings. The molecule has 0 saturated heterocycles. The minimum atomic E-state index is -0.0787. The molecular weight excluding hydrogens is 422 g/mol. The number of ether oxygens (including phenoxy) is 5. The van der Waals surface area contributed by atoms with Crippen LogP contribution in [0.3, 0.4) is 0 Å². The van der Waals surface area contributed by atoms with Gasteiger partial charge in [0.2, 0.25) is 0 Å². The van der Waals surface area contributed by atoms with E-state index in [-0.39, 0.29) is 12.2 Å². The molecule has 190 valence electrons. The summed E-state index contributed by atoms with van der Waals surface area (Å²) in [5, 5.41) is 3.01. The number of aldehydes is 1. The molecule has 0 bridgehead atoms. The van der Waals surface area contributed by atoms with Crippen LogP contribution in [-0.4, -0.2) is 104 Å². The van der Waals surface area contributed by atoms with Crippen LogP contribution in [0.25, 0.3) is 0 Å². The van der Waals surface area contributed by atoms with E-state index in [0.29, 0.717) is 65.7 Å². The standard InChI is InChI=1S/C14H31NO5S.C4H6O2.2C2H6/c1-15-3-4-16-5-6-17-7-8-18-9-10-19-11-12-20-13-14-21-2;1-4(6)2-3-5;2*1-2/h15H,3-14H2,1-2H3;3H,2H2,1H3;2*1-2H3. The van der Waals surface area contributed by atoms with Gasteiger partial charge in [0.15, 0.2) is 0 Å². The van der Waals surface area contributed by atoms with Crippen LogP contribution in [0.1, 0.15) is 41.0 Å². The van der Waals surface area contributed by atoms with Crippen LogP contribution in [0.2, 0.25) is 0 Å². The van der Waals surface area contributed by atoms with Gasteiger partial charge >= 0.3 is 0 Å². The molecule has 8 nitrogen and oxygen atoms in total. The van der Waals surface area contributed by atoms with Crippen molar-refractivity contribution >= 4 is 23.8 Å². The molecule has 0 aromatic heterocycles. The number of likely N-dealkylation sites (N-methyl/N-ethyl adjacent to an activating group) is 1. The highest BCUT2D eigenvalue weighted by molar-refractivity contribution is 7.98. The first-order valence-electron chi connectivity index (χ1n) is 11.1. The van der Waals surface area contributed by atoms with Crippen LogP contribution in [0, 0.1) is 0 Å². The Balaban J connectivity index is -0.000000306. The number of nitrogens with one attached hydrogen (secondary N) is 1. The van der Waals surface area contributed by atoms with Crippen LogP contribution in [-0.2, 0) is 33.3 Å². The van der Waals surface area contributed by atoms with Gasteiger partial charge < -0.3 is 33.8 Å². The lowest BCUT2D eigenvalue weighted by Gasteiger charge is -2.07. The molecule has 0 heterocycles. The molecule has 1 N–H and O–H groups in total. The Bertz CT molecular complexity index is 294. The van der Waals surface area contributed by atoms with E-state index in [2.05, 4.69) is 11.6 Å². The van der Waals surface area contributed by atoms with Gasteiger partial charge in [-0.3, -0.25) is 4.79 Å². The first-order chi connectivity index (χ1) is 15.2. The number of ketones is 1. The van der Waals surface area contributed by atoms with Gasteiger partial charge in [0.1, 0.15) is 12.1 Å². The molecule has 0 spiro atoms. The Morgan fingerprint density at radius 1 is 0.742 bits per heavy atom. The van der Waals surface area contributed by atoms with Crippen molar-refractivity contribution in [3.8, 4) is 0 Å². The molecule has 0 fully saturated rings. The average Bonchev–Trinajstić information content (AvgIpc) is 2.79. The molecule has 0 radical (unpaired) electrons. The number of carbonyl (C=O) groups is 2. The van der Waals surface area contributed by atoms with E-state index in [9.17, 15) is 9.59 Å². The first kappa shape index (κ1) is 37.7. The molecule has 9 heteroatoms. The number of Topliss-reactive ketones (excluding diaryl/α,β-unsaturated/α-hetero) is 1. The topological polar surface area (TPSA) is 92.3 Å². The largest absolute Gasteiger partial charge is 0.378 e. The van der Waals surface area contributed by atoms with Crippen LogP contribution in [0.5, 0.6) is 0 Å². The Morgan fingerprint density at radius 3 is 1.35 bits per heavy atom. The Hall–Kier alpha value is -0.550. The zero-order chi connectivity index (χ0) is 24.4. The summed E-state index contributed by atoms with van der Waals surface area (Å²) in [6, 6.07) is 0. The van der Waals surface area contributed by atoms with Crippen molar-refractivity contribution in [1.29, 1.82) is 0 Å². The number of thioether (sulfide) groups is 1. The SMILES string of the molecule is CC.CC.CC(=O)CC=O.CNCCOCCOCCOCCOCCOCCSC. The monoisotopic (exact) mass is 471 g/mol. The van der Waals surface area contributed by atoms with Crippen molar-refractivity contribution in [2.45, 2.75) is 41.0 Å². The summed E-state index contributed by atoms with van der Waals surface area (Å²) in [5.74, 6) is 0.953. The van der Waals surface area contributed by atoms with Crippen molar-refractivity contribution in [2.75, 3.05) is 91.7 Å². The van der Waals surface area contributed by atoms with Crippen LogP contribution >= 0.6 is 11.8 Å². The van der Waals surface area contributed by atoms with Crippen LogP contribution in [0.15, 0.2) is 0 Å². The molecule has 0 aromatic carbocycles. The van der Waals surface area contributed by atoms with E-state index < -0.39 is 0 Å². The molecule has 0 saturated carbocycles. The zero-order valence-electron chi connectivity index (χ0n) is 21.0. The maximum absolute atomic E-state index is 9.81. The summed E-state index contributed by atoms with van der Waals surface area (Å²) in [6.07, 6.45) is 2.72. The summed E-state index contributed by atoms with van der Waals surface area (Å²) < 4.78 is 26.8. The van der Waals surface area contributed by atoms with E-state index in [1.807, 2.05) is 34.7 Å². The normalized spacial score (nSPS) is 9.39. The molecule has 0 aliphatic heterocycles. The minimum Gasteiger partial charge on any atom is -0.378 e. The predicted octanol–water partition coefficient (Wildman–Crippen LogP) is 2.87.